The zero-order valence-electron chi connectivity index (χ0n) is 23.8. The van der Waals surface area contributed by atoms with Crippen LogP contribution in [0.5, 0.6) is 0 Å². The van der Waals surface area contributed by atoms with E-state index in [1.807, 2.05) is 60.7 Å². The highest BCUT2D eigenvalue weighted by Crippen LogP contribution is 2.24. The van der Waals surface area contributed by atoms with Gasteiger partial charge in [-0.05, 0) is 46.7 Å². The molecule has 3 rings (SSSR count). The highest BCUT2D eigenvalue weighted by atomic mass is 16.7. The quantitative estimate of drug-likeness (QED) is 0.0994. The van der Waals surface area contributed by atoms with Crippen LogP contribution in [0.3, 0.4) is 0 Å². The van der Waals surface area contributed by atoms with E-state index in [0.717, 1.165) is 36.0 Å². The van der Waals surface area contributed by atoms with Crippen molar-refractivity contribution in [3.05, 3.63) is 95.6 Å². The topological polar surface area (TPSA) is 87.7 Å². The number of carbonyl (C=O) groups excluding carboxylic acids is 3. The Kier molecular flexibility index (Phi) is 12.4. The van der Waals surface area contributed by atoms with Crippen molar-refractivity contribution >= 4 is 18.2 Å². The summed E-state index contributed by atoms with van der Waals surface area (Å²) in [4.78, 5) is 43.2. The Hall–Kier alpha value is -3.97. The predicted molar refractivity (Wildman–Crippen MR) is 158 cm³/mol. The molecule has 3 aromatic rings. The number of benzene rings is 3. The predicted octanol–water partition coefficient (Wildman–Crippen LogP) is 6.07. The van der Waals surface area contributed by atoms with Gasteiger partial charge >= 0.3 is 0 Å². The van der Waals surface area contributed by atoms with Crippen molar-refractivity contribution in [2.24, 2.45) is 5.92 Å². The van der Waals surface area contributed by atoms with E-state index in [9.17, 15) is 14.4 Å². The highest BCUT2D eigenvalue weighted by molar-refractivity contribution is 5.95. The van der Waals surface area contributed by atoms with Crippen molar-refractivity contribution in [3.8, 4) is 11.1 Å². The molecular weight excluding hydrogens is 502 g/mol. The lowest BCUT2D eigenvalue weighted by Crippen LogP contribution is -2.43. The first-order valence-electron chi connectivity index (χ1n) is 14.1. The third-order valence-electron chi connectivity index (χ3n) is 6.81. The van der Waals surface area contributed by atoms with Crippen LogP contribution in [-0.2, 0) is 21.0 Å². The number of hydrogen-bond donors (Lipinski definition) is 2. The zero-order valence-corrected chi connectivity index (χ0v) is 23.8. The van der Waals surface area contributed by atoms with Gasteiger partial charge in [0.15, 0.2) is 0 Å². The van der Waals surface area contributed by atoms with Crippen LogP contribution in [-0.4, -0.2) is 36.5 Å². The molecular formula is C33H41N3O4. The molecule has 212 valence electrons. The number of amides is 3. The van der Waals surface area contributed by atoms with E-state index in [-0.39, 0.29) is 31.6 Å². The maximum absolute atomic E-state index is 13.0. The number of nitrogens with zero attached hydrogens (tertiary/aromatic N) is 1. The van der Waals surface area contributed by atoms with Crippen LogP contribution in [0.4, 0.5) is 0 Å². The van der Waals surface area contributed by atoms with Gasteiger partial charge in [0, 0.05) is 5.56 Å². The van der Waals surface area contributed by atoms with Crippen LogP contribution in [0.15, 0.2) is 78.9 Å². The molecule has 0 aliphatic rings. The molecule has 0 fully saturated rings. The minimum atomic E-state index is -0.457. The van der Waals surface area contributed by atoms with Gasteiger partial charge in [-0.1, -0.05) is 107 Å². The van der Waals surface area contributed by atoms with Crippen molar-refractivity contribution in [2.45, 2.75) is 59.0 Å². The minimum absolute atomic E-state index is 0.0129. The van der Waals surface area contributed by atoms with Crippen LogP contribution < -0.4 is 10.6 Å². The summed E-state index contributed by atoms with van der Waals surface area (Å²) in [6.45, 7) is 6.76. The summed E-state index contributed by atoms with van der Waals surface area (Å²) in [5.74, 6) is -0.549. The van der Waals surface area contributed by atoms with Crippen molar-refractivity contribution in [1.29, 1.82) is 0 Å². The van der Waals surface area contributed by atoms with Crippen molar-refractivity contribution < 1.29 is 19.2 Å². The third kappa shape index (κ3) is 9.65. The van der Waals surface area contributed by atoms with E-state index < -0.39 is 5.92 Å². The van der Waals surface area contributed by atoms with Gasteiger partial charge < -0.3 is 10.6 Å². The Morgan fingerprint density at radius 2 is 1.62 bits per heavy atom. The van der Waals surface area contributed by atoms with Gasteiger partial charge in [-0.3, -0.25) is 19.2 Å². The second kappa shape index (κ2) is 16.2. The van der Waals surface area contributed by atoms with Crippen molar-refractivity contribution in [2.75, 3.05) is 13.2 Å². The molecule has 0 saturated carbocycles. The zero-order chi connectivity index (χ0) is 28.7. The monoisotopic (exact) mass is 543 g/mol. The lowest BCUT2D eigenvalue weighted by molar-refractivity contribution is -0.182. The maximum Gasteiger partial charge on any atom is 0.252 e. The lowest BCUT2D eigenvalue weighted by Gasteiger charge is -2.23. The summed E-state index contributed by atoms with van der Waals surface area (Å²) in [6.07, 6.45) is 4.09. The molecule has 0 bridgehead atoms. The summed E-state index contributed by atoms with van der Waals surface area (Å²) < 4.78 is 0. The number of rotatable bonds is 16. The molecule has 40 heavy (non-hydrogen) atoms. The second-order valence-electron chi connectivity index (χ2n) is 10.2. The summed E-state index contributed by atoms with van der Waals surface area (Å²) in [5, 5.41) is 6.78. The van der Waals surface area contributed by atoms with Gasteiger partial charge in [0.2, 0.25) is 12.3 Å². The highest BCUT2D eigenvalue weighted by Gasteiger charge is 2.22. The van der Waals surface area contributed by atoms with Crippen LogP contribution in [0, 0.1) is 5.92 Å². The van der Waals surface area contributed by atoms with Gasteiger partial charge in [-0.25, -0.2) is 5.06 Å². The number of nitrogens with one attached hydrogen (secondary N) is 2. The fourth-order valence-corrected chi connectivity index (χ4v) is 4.40. The fourth-order valence-electron chi connectivity index (χ4n) is 4.40. The van der Waals surface area contributed by atoms with Gasteiger partial charge in [0.05, 0.1) is 19.1 Å². The van der Waals surface area contributed by atoms with Gasteiger partial charge in [0.25, 0.3) is 5.91 Å². The molecule has 0 saturated heterocycles. The molecule has 7 heteroatoms. The molecule has 2 N–H and O–H groups in total. The Balaban J connectivity index is 1.56. The van der Waals surface area contributed by atoms with Gasteiger partial charge in [-0.2, -0.15) is 0 Å². The van der Waals surface area contributed by atoms with E-state index in [4.69, 9.17) is 4.84 Å². The smallest absolute Gasteiger partial charge is 0.252 e. The molecule has 0 unspecified atom stereocenters. The minimum Gasteiger partial charge on any atom is -0.338 e. The standard InChI is InChI=1S/C33H41N3O4/c1-4-5-7-14-31(21-36(24-37)40-22-26-12-8-6-9-13-26)33(39)35-23-34-32(38)30-18-11-17-29(20-30)28-16-10-15-27(19-28)25(2)3/h6,8-13,15-20,24-25,31H,4-5,7,14,21-23H2,1-3H3,(H,34,38)(H,35,39)/t31-/m1/s1. The first-order chi connectivity index (χ1) is 19.4. The van der Waals surface area contributed by atoms with E-state index >= 15 is 0 Å². The van der Waals surface area contributed by atoms with Crippen LogP contribution in [0.25, 0.3) is 11.1 Å². The summed E-state index contributed by atoms with van der Waals surface area (Å²) in [5.41, 5.74) is 4.70. The Labute approximate surface area is 237 Å². The average molecular weight is 544 g/mol. The second-order valence-corrected chi connectivity index (χ2v) is 10.2. The Morgan fingerprint density at radius 1 is 0.900 bits per heavy atom. The van der Waals surface area contributed by atoms with Gasteiger partial charge in [-0.15, -0.1) is 0 Å². The molecule has 0 aliphatic heterocycles. The summed E-state index contributed by atoms with van der Waals surface area (Å²) in [6, 6.07) is 25.3. The molecule has 0 aliphatic carbocycles. The van der Waals surface area contributed by atoms with E-state index in [2.05, 4.69) is 43.5 Å². The first kappa shape index (κ1) is 30.6. The lowest BCUT2D eigenvalue weighted by atomic mass is 9.96. The largest absolute Gasteiger partial charge is 0.338 e. The van der Waals surface area contributed by atoms with Crippen LogP contribution in [0.2, 0.25) is 0 Å². The SMILES string of the molecule is CCCCC[C@H](CN(C=O)OCc1ccccc1)C(=O)NCNC(=O)c1cccc(-c2cccc(C(C)C)c2)c1. The Bertz CT molecular complexity index is 1230. The molecule has 0 spiro atoms. The number of unbranched alkanes of at least 4 members (excludes halogenated alkanes) is 2. The molecule has 1 atom stereocenters. The summed E-state index contributed by atoms with van der Waals surface area (Å²) >= 11 is 0. The van der Waals surface area contributed by atoms with Crippen molar-refractivity contribution in [1.82, 2.24) is 15.7 Å². The van der Waals surface area contributed by atoms with Crippen LogP contribution >= 0.6 is 0 Å². The third-order valence-corrected chi connectivity index (χ3v) is 6.81. The van der Waals surface area contributed by atoms with Crippen molar-refractivity contribution in [3.63, 3.8) is 0 Å². The fraction of sp³-hybridized carbons (Fsp3) is 0.364. The number of hydrogen-bond acceptors (Lipinski definition) is 4. The molecule has 0 aromatic heterocycles. The number of hydroxylamine groups is 2. The average Bonchev–Trinajstić information content (AvgIpc) is 2.99. The van der Waals surface area contributed by atoms with E-state index in [1.165, 1.54) is 10.6 Å². The van der Waals surface area contributed by atoms with E-state index in [1.54, 1.807) is 6.07 Å². The molecule has 0 radical (unpaired) electrons. The molecule has 7 nitrogen and oxygen atoms in total. The Morgan fingerprint density at radius 3 is 2.33 bits per heavy atom. The molecule has 3 amide bonds. The normalized spacial score (nSPS) is 11.6. The first-order valence-corrected chi connectivity index (χ1v) is 14.1. The molecule has 0 heterocycles. The molecule has 3 aromatic carbocycles. The summed E-state index contributed by atoms with van der Waals surface area (Å²) in [7, 11) is 0. The number of carbonyl (C=O) groups is 3. The van der Waals surface area contributed by atoms with Gasteiger partial charge in [0.1, 0.15) is 6.61 Å². The van der Waals surface area contributed by atoms with Crippen LogP contribution in [0.1, 0.15) is 73.9 Å². The van der Waals surface area contributed by atoms with E-state index in [0.29, 0.717) is 24.3 Å². The maximum atomic E-state index is 13.0.